The molecule has 2 heterocycles. The van der Waals surface area contributed by atoms with Gasteiger partial charge in [-0.05, 0) is 49.4 Å². The van der Waals surface area contributed by atoms with Crippen molar-refractivity contribution in [3.05, 3.63) is 60.6 Å². The van der Waals surface area contributed by atoms with Gasteiger partial charge in [-0.15, -0.1) is 13.2 Å². The van der Waals surface area contributed by atoms with Crippen LogP contribution in [0.5, 0.6) is 11.5 Å². The Bertz CT molecular complexity index is 1280. The van der Waals surface area contributed by atoms with Gasteiger partial charge in [0.2, 0.25) is 0 Å². The molecule has 216 valence electrons. The summed E-state index contributed by atoms with van der Waals surface area (Å²) >= 11 is 0. The average Bonchev–Trinajstić information content (AvgIpc) is 3.42. The van der Waals surface area contributed by atoms with E-state index in [4.69, 9.17) is 28.5 Å². The zero-order valence-corrected chi connectivity index (χ0v) is 22.5. The van der Waals surface area contributed by atoms with Gasteiger partial charge in [0.1, 0.15) is 23.7 Å². The summed E-state index contributed by atoms with van der Waals surface area (Å²) in [5.41, 5.74) is 2.52. The Morgan fingerprint density at radius 2 is 1.60 bits per heavy atom. The molecule has 0 N–H and O–H groups in total. The third-order valence-corrected chi connectivity index (χ3v) is 6.39. The normalized spacial score (nSPS) is 23.4. The summed E-state index contributed by atoms with van der Waals surface area (Å²) in [6.45, 7) is 1.85. The van der Waals surface area contributed by atoms with Crippen LogP contribution in [0.1, 0.15) is 12.5 Å². The molecule has 4 rings (SSSR count). The molecule has 10 nitrogen and oxygen atoms in total. The maximum atomic E-state index is 12.5. The van der Waals surface area contributed by atoms with Gasteiger partial charge >= 0.3 is 6.36 Å². The number of rotatable bonds is 10. The molecule has 0 spiro atoms. The summed E-state index contributed by atoms with van der Waals surface area (Å²) in [5, 5.41) is 4.16. The van der Waals surface area contributed by atoms with Gasteiger partial charge in [0.05, 0.1) is 31.4 Å². The van der Waals surface area contributed by atoms with Crippen LogP contribution in [-0.4, -0.2) is 81.3 Å². The lowest BCUT2D eigenvalue weighted by Crippen LogP contribution is -2.59. The predicted molar refractivity (Wildman–Crippen MR) is 138 cm³/mol. The maximum absolute atomic E-state index is 12.5. The van der Waals surface area contributed by atoms with E-state index in [1.165, 1.54) is 37.6 Å². The van der Waals surface area contributed by atoms with E-state index in [-0.39, 0.29) is 18.0 Å². The van der Waals surface area contributed by atoms with E-state index in [1.807, 2.05) is 13.0 Å². The highest BCUT2D eigenvalue weighted by atomic mass is 19.4. The van der Waals surface area contributed by atoms with Crippen LogP contribution in [0.25, 0.3) is 16.9 Å². The zero-order valence-electron chi connectivity index (χ0n) is 22.5. The summed E-state index contributed by atoms with van der Waals surface area (Å²) in [5.74, 6) is 0.274. The van der Waals surface area contributed by atoms with Gasteiger partial charge in [-0.2, -0.15) is 0 Å². The first-order chi connectivity index (χ1) is 19.2. The first-order valence-corrected chi connectivity index (χ1v) is 12.2. The monoisotopic (exact) mass is 565 g/mol. The van der Waals surface area contributed by atoms with Crippen LogP contribution in [0.2, 0.25) is 0 Å². The molecule has 1 aliphatic rings. The van der Waals surface area contributed by atoms with E-state index in [0.717, 1.165) is 0 Å². The van der Waals surface area contributed by atoms with Crippen LogP contribution < -0.4 is 9.47 Å². The fourth-order valence-corrected chi connectivity index (χ4v) is 4.48. The van der Waals surface area contributed by atoms with E-state index < -0.39 is 24.9 Å². The Hall–Kier alpha value is -3.65. The van der Waals surface area contributed by atoms with Crippen molar-refractivity contribution in [2.45, 2.75) is 44.0 Å². The largest absolute Gasteiger partial charge is 0.573 e. The highest BCUT2D eigenvalue weighted by Gasteiger charge is 2.47. The van der Waals surface area contributed by atoms with Crippen molar-refractivity contribution < 1.29 is 46.4 Å². The summed E-state index contributed by atoms with van der Waals surface area (Å²) < 4.78 is 71.0. The number of benzene rings is 2. The Morgan fingerprint density at radius 1 is 0.925 bits per heavy atom. The Morgan fingerprint density at radius 3 is 2.23 bits per heavy atom. The van der Waals surface area contributed by atoms with Gasteiger partial charge in [0.25, 0.3) is 6.29 Å². The number of oxime groups is 1. The quantitative estimate of drug-likeness (QED) is 0.260. The molecule has 1 saturated heterocycles. The number of imidazole rings is 1. The van der Waals surface area contributed by atoms with E-state index in [2.05, 4.69) is 14.9 Å². The molecule has 2 aromatic carbocycles. The predicted octanol–water partition coefficient (Wildman–Crippen LogP) is 4.59. The highest BCUT2D eigenvalue weighted by molar-refractivity contribution is 5.90. The van der Waals surface area contributed by atoms with Gasteiger partial charge in [-0.3, -0.25) is 0 Å². The molecule has 0 amide bonds. The van der Waals surface area contributed by atoms with Crippen LogP contribution in [0.3, 0.4) is 0 Å². The minimum Gasteiger partial charge on any atom is -0.497 e. The third kappa shape index (κ3) is 6.73. The topological polar surface area (TPSA) is 94.8 Å². The number of halogens is 3. The average molecular weight is 566 g/mol. The summed E-state index contributed by atoms with van der Waals surface area (Å²) in [7, 11) is 6.21. The molecule has 1 aliphatic heterocycles. The second-order valence-electron chi connectivity index (χ2n) is 8.81. The van der Waals surface area contributed by atoms with E-state index in [0.29, 0.717) is 28.3 Å². The molecule has 3 aromatic rings. The van der Waals surface area contributed by atoms with Crippen molar-refractivity contribution in [3.8, 4) is 28.4 Å². The molecule has 13 heteroatoms. The minimum atomic E-state index is -4.76. The van der Waals surface area contributed by atoms with Crippen molar-refractivity contribution in [2.24, 2.45) is 5.16 Å². The molecular formula is C27H30F3N3O7. The number of hydrogen-bond acceptors (Lipinski definition) is 9. The Balaban J connectivity index is 1.55. The zero-order chi connectivity index (χ0) is 28.9. The van der Waals surface area contributed by atoms with Crippen molar-refractivity contribution in [2.75, 3.05) is 28.4 Å². The fourth-order valence-electron chi connectivity index (χ4n) is 4.48. The van der Waals surface area contributed by atoms with Crippen molar-refractivity contribution in [1.82, 2.24) is 9.55 Å². The van der Waals surface area contributed by atoms with E-state index in [9.17, 15) is 13.2 Å². The van der Waals surface area contributed by atoms with Gasteiger partial charge in [0, 0.05) is 44.3 Å². The third-order valence-electron chi connectivity index (χ3n) is 6.39. The van der Waals surface area contributed by atoms with Gasteiger partial charge in [0.15, 0.2) is 6.10 Å². The SMILES string of the molecule is COc1ccc(-c2cn(-c3ccc(OC(F)(F)F)cc3)cn2)c(/C=N/O[C@@H]2O[C@@H](C)[C@H](OC)[C@@H](OC)[C@H]2OC)c1. The van der Waals surface area contributed by atoms with Gasteiger partial charge < -0.3 is 37.8 Å². The molecule has 0 radical (unpaired) electrons. The van der Waals surface area contributed by atoms with Gasteiger partial charge in [-0.1, -0.05) is 5.16 Å². The number of hydrogen-bond donors (Lipinski definition) is 0. The highest BCUT2D eigenvalue weighted by Crippen LogP contribution is 2.30. The molecule has 0 unspecified atom stereocenters. The summed E-state index contributed by atoms with van der Waals surface area (Å²) in [4.78, 5) is 10.2. The van der Waals surface area contributed by atoms with Crippen LogP contribution in [0.15, 0.2) is 60.1 Å². The number of aromatic nitrogens is 2. The molecule has 40 heavy (non-hydrogen) atoms. The maximum Gasteiger partial charge on any atom is 0.573 e. The minimum absolute atomic E-state index is 0.313. The number of nitrogens with zero attached hydrogens (tertiary/aromatic N) is 3. The molecule has 1 aromatic heterocycles. The molecule has 0 bridgehead atoms. The summed E-state index contributed by atoms with van der Waals surface area (Å²) in [6, 6.07) is 10.8. The number of methoxy groups -OCH3 is 4. The van der Waals surface area contributed by atoms with Crippen molar-refractivity contribution in [1.29, 1.82) is 0 Å². The smallest absolute Gasteiger partial charge is 0.497 e. The second-order valence-corrected chi connectivity index (χ2v) is 8.81. The number of ether oxygens (including phenoxy) is 6. The molecule has 1 fully saturated rings. The Kier molecular flexibility index (Phi) is 9.30. The Labute approximate surface area is 229 Å². The lowest BCUT2D eigenvalue weighted by atomic mass is 9.99. The van der Waals surface area contributed by atoms with Crippen LogP contribution >= 0.6 is 0 Å². The lowest BCUT2D eigenvalue weighted by molar-refractivity contribution is -0.305. The van der Waals surface area contributed by atoms with E-state index >= 15 is 0 Å². The molecule has 0 saturated carbocycles. The molecular weight excluding hydrogens is 535 g/mol. The molecule has 5 atom stereocenters. The fraction of sp³-hybridized carbons (Fsp3) is 0.407. The van der Waals surface area contributed by atoms with Crippen LogP contribution in [0.4, 0.5) is 13.2 Å². The second kappa shape index (κ2) is 12.7. The first kappa shape index (κ1) is 29.3. The molecule has 0 aliphatic carbocycles. The van der Waals surface area contributed by atoms with Crippen LogP contribution in [0, 0.1) is 0 Å². The van der Waals surface area contributed by atoms with Crippen molar-refractivity contribution in [3.63, 3.8) is 0 Å². The number of alkyl halides is 3. The van der Waals surface area contributed by atoms with Crippen molar-refractivity contribution >= 4 is 6.21 Å². The standard InChI is InChI=1S/C27H30F3N3O7/c1-16-23(35-3)24(36-4)25(37-5)26(38-16)40-32-13-17-12-20(34-2)10-11-21(17)22-14-33(15-31-22)18-6-8-19(9-7-18)39-27(28,29)30/h6-16,23-26H,1-5H3/b32-13+/t16-,23-,24+,25+,26-/m0/s1. The van der Waals surface area contributed by atoms with Crippen LogP contribution in [-0.2, 0) is 23.8 Å². The van der Waals surface area contributed by atoms with Gasteiger partial charge in [-0.25, -0.2) is 4.98 Å². The van der Waals surface area contributed by atoms with E-state index in [1.54, 1.807) is 50.6 Å². The summed E-state index contributed by atoms with van der Waals surface area (Å²) in [6.07, 6.45) is -2.56. The lowest BCUT2D eigenvalue weighted by Gasteiger charge is -2.42. The first-order valence-electron chi connectivity index (χ1n) is 12.2.